The number of ether oxygens (including phenoxy) is 1. The van der Waals surface area contributed by atoms with Gasteiger partial charge in [-0.1, -0.05) is 54.9 Å². The minimum atomic E-state index is -0.773. The predicted molar refractivity (Wildman–Crippen MR) is 105 cm³/mol. The molecule has 0 aliphatic heterocycles. The van der Waals surface area contributed by atoms with Gasteiger partial charge in [0.1, 0.15) is 5.75 Å². The molecular weight excluding hydrogens is 352 g/mol. The van der Waals surface area contributed by atoms with Gasteiger partial charge in [-0.2, -0.15) is 0 Å². The van der Waals surface area contributed by atoms with Crippen molar-refractivity contribution in [2.24, 2.45) is 5.16 Å². The molecule has 1 amide bonds. The fourth-order valence-electron chi connectivity index (χ4n) is 2.21. The molecule has 2 aromatic rings. The van der Waals surface area contributed by atoms with E-state index in [1.54, 1.807) is 31.3 Å². The first kappa shape index (κ1) is 19.8. The summed E-state index contributed by atoms with van der Waals surface area (Å²) < 4.78 is 5.20. The van der Waals surface area contributed by atoms with Gasteiger partial charge in [0.05, 0.1) is 19.0 Å². The van der Waals surface area contributed by atoms with Gasteiger partial charge in [0.2, 0.25) is 6.10 Å². The Bertz CT molecular complexity index is 773. The lowest BCUT2D eigenvalue weighted by Crippen LogP contribution is -2.26. The molecule has 6 heteroatoms. The quantitative estimate of drug-likeness (QED) is 0.556. The number of hydrogen-bond acceptors (Lipinski definition) is 4. The number of oxime groups is 1. The minimum absolute atomic E-state index is 0.349. The second kappa shape index (κ2) is 9.25. The summed E-state index contributed by atoms with van der Waals surface area (Å²) in [6.07, 6.45) is 0.804. The van der Waals surface area contributed by atoms with Gasteiger partial charge in [-0.15, -0.1) is 0 Å². The number of nitrogens with one attached hydrogen (secondary N) is 1. The number of amides is 1. The van der Waals surface area contributed by atoms with E-state index in [4.69, 9.17) is 21.2 Å². The van der Waals surface area contributed by atoms with Crippen molar-refractivity contribution in [3.63, 3.8) is 0 Å². The molecule has 138 valence electrons. The van der Waals surface area contributed by atoms with E-state index < -0.39 is 6.10 Å². The monoisotopic (exact) mass is 374 g/mol. The Labute approximate surface area is 158 Å². The average Bonchev–Trinajstić information content (AvgIpc) is 2.62. The van der Waals surface area contributed by atoms with Crippen LogP contribution in [0.4, 0.5) is 5.69 Å². The van der Waals surface area contributed by atoms with Crippen LogP contribution in [0.25, 0.3) is 0 Å². The van der Waals surface area contributed by atoms with Crippen LogP contribution in [0.1, 0.15) is 37.8 Å². The van der Waals surface area contributed by atoms with Crippen molar-refractivity contribution < 1.29 is 14.4 Å². The van der Waals surface area contributed by atoms with Gasteiger partial charge in [0.15, 0.2) is 0 Å². The molecule has 0 spiro atoms. The molecular formula is C20H23ClN2O3. The highest BCUT2D eigenvalue weighted by Gasteiger charge is 2.16. The van der Waals surface area contributed by atoms with Crippen molar-refractivity contribution >= 4 is 29.4 Å². The lowest BCUT2D eigenvalue weighted by Gasteiger charge is -2.13. The number of halogens is 1. The summed E-state index contributed by atoms with van der Waals surface area (Å²) >= 11 is 5.96. The molecule has 0 aliphatic carbocycles. The molecule has 2 rings (SSSR count). The summed E-state index contributed by atoms with van der Waals surface area (Å²) in [4.78, 5) is 17.5. The van der Waals surface area contributed by atoms with Crippen LogP contribution in [0, 0.1) is 0 Å². The van der Waals surface area contributed by atoms with E-state index >= 15 is 0 Å². The van der Waals surface area contributed by atoms with E-state index in [9.17, 15) is 4.79 Å². The van der Waals surface area contributed by atoms with Crippen LogP contribution < -0.4 is 10.1 Å². The van der Waals surface area contributed by atoms with Crippen molar-refractivity contribution in [2.75, 3.05) is 12.4 Å². The largest absolute Gasteiger partial charge is 0.495 e. The molecule has 0 radical (unpaired) electrons. The summed E-state index contributed by atoms with van der Waals surface area (Å²) in [7, 11) is 1.52. The lowest BCUT2D eigenvalue weighted by atomic mass is 10.0. The lowest BCUT2D eigenvalue weighted by molar-refractivity contribution is -0.126. The third kappa shape index (κ3) is 5.49. The molecule has 0 bridgehead atoms. The summed E-state index contributed by atoms with van der Waals surface area (Å²) in [5, 5.41) is 7.12. The Morgan fingerprint density at radius 1 is 1.15 bits per heavy atom. The highest BCUT2D eigenvalue weighted by atomic mass is 35.5. The first-order chi connectivity index (χ1) is 12.4. The molecule has 26 heavy (non-hydrogen) atoms. The average molecular weight is 375 g/mol. The van der Waals surface area contributed by atoms with Gasteiger partial charge >= 0.3 is 0 Å². The normalized spacial score (nSPS) is 12.2. The molecule has 5 nitrogen and oxygen atoms in total. The van der Waals surface area contributed by atoms with E-state index in [2.05, 4.69) is 24.3 Å². The van der Waals surface area contributed by atoms with Gasteiger partial charge in [0.25, 0.3) is 5.91 Å². The summed E-state index contributed by atoms with van der Waals surface area (Å²) in [5.41, 5.74) is 2.64. The van der Waals surface area contributed by atoms with Crippen LogP contribution in [-0.2, 0) is 9.63 Å². The van der Waals surface area contributed by atoms with Crippen LogP contribution in [0.2, 0.25) is 5.02 Å². The van der Waals surface area contributed by atoms with E-state index in [0.717, 1.165) is 5.56 Å². The fourth-order valence-corrected chi connectivity index (χ4v) is 2.38. The highest BCUT2D eigenvalue weighted by Crippen LogP contribution is 2.27. The zero-order chi connectivity index (χ0) is 19.1. The maximum Gasteiger partial charge on any atom is 0.268 e. The Kier molecular flexibility index (Phi) is 7.04. The Hall–Kier alpha value is -2.53. The Morgan fingerprint density at radius 2 is 1.85 bits per heavy atom. The number of anilines is 1. The number of carbonyl (C=O) groups is 1. The summed E-state index contributed by atoms with van der Waals surface area (Å²) in [6.45, 7) is 5.90. The molecule has 0 unspecified atom stereocenters. The zero-order valence-electron chi connectivity index (χ0n) is 15.3. The van der Waals surface area contributed by atoms with Crippen LogP contribution in [-0.4, -0.2) is 25.3 Å². The van der Waals surface area contributed by atoms with Crippen molar-refractivity contribution in [1.29, 1.82) is 0 Å². The number of hydrogen-bond donors (Lipinski definition) is 1. The third-order valence-corrected chi connectivity index (χ3v) is 4.05. The Balaban J connectivity index is 1.93. The first-order valence-electron chi connectivity index (χ1n) is 8.34. The second-order valence-electron chi connectivity index (χ2n) is 6.14. The van der Waals surface area contributed by atoms with Crippen LogP contribution in [0.3, 0.4) is 0 Å². The maximum absolute atomic E-state index is 12.2. The van der Waals surface area contributed by atoms with Gasteiger partial charge in [0, 0.05) is 5.02 Å². The zero-order valence-corrected chi connectivity index (χ0v) is 16.1. The first-order valence-corrected chi connectivity index (χ1v) is 8.72. The van der Waals surface area contributed by atoms with Crippen molar-refractivity contribution in [1.82, 2.24) is 0 Å². The van der Waals surface area contributed by atoms with Crippen molar-refractivity contribution in [3.05, 3.63) is 58.6 Å². The molecule has 1 atom stereocenters. The van der Waals surface area contributed by atoms with Gasteiger partial charge < -0.3 is 14.9 Å². The summed E-state index contributed by atoms with van der Waals surface area (Å²) in [6, 6.07) is 13.0. The fraction of sp³-hybridized carbons (Fsp3) is 0.300. The topological polar surface area (TPSA) is 59.9 Å². The number of benzene rings is 2. The molecule has 2 aromatic carbocycles. The molecule has 0 heterocycles. The highest BCUT2D eigenvalue weighted by molar-refractivity contribution is 6.31. The minimum Gasteiger partial charge on any atom is -0.495 e. The second-order valence-corrected chi connectivity index (χ2v) is 6.57. The van der Waals surface area contributed by atoms with Crippen molar-refractivity contribution in [3.8, 4) is 5.75 Å². The van der Waals surface area contributed by atoms with Crippen LogP contribution in [0.5, 0.6) is 5.75 Å². The molecule has 0 saturated carbocycles. The maximum atomic E-state index is 12.2. The van der Waals surface area contributed by atoms with E-state index in [0.29, 0.717) is 22.4 Å². The molecule has 1 N–H and O–H groups in total. The van der Waals surface area contributed by atoms with Crippen LogP contribution >= 0.6 is 11.6 Å². The number of nitrogens with zero attached hydrogens (tertiary/aromatic N) is 1. The smallest absolute Gasteiger partial charge is 0.268 e. The molecule has 0 aliphatic rings. The standard InChI is InChI=1S/C20H23ClN2O3/c1-13(2)16-7-5-15(6-8-16)12-22-26-14(3)20(24)23-18-11-17(21)9-10-19(18)25-4/h5-14H,1-4H3,(H,23,24)/b22-12-/t14-/m0/s1. The van der Waals surface area contributed by atoms with E-state index in [1.807, 2.05) is 24.3 Å². The van der Waals surface area contributed by atoms with E-state index in [-0.39, 0.29) is 5.91 Å². The van der Waals surface area contributed by atoms with Gasteiger partial charge in [-0.25, -0.2) is 0 Å². The SMILES string of the molecule is COc1ccc(Cl)cc1NC(=O)[C@H](C)O/N=C\c1ccc(C(C)C)cc1. The van der Waals surface area contributed by atoms with Gasteiger partial charge in [-0.3, -0.25) is 4.79 Å². The third-order valence-electron chi connectivity index (χ3n) is 3.81. The van der Waals surface area contributed by atoms with Crippen LogP contribution in [0.15, 0.2) is 47.6 Å². The number of rotatable bonds is 7. The predicted octanol–water partition coefficient (Wildman–Crippen LogP) is 4.85. The molecule has 0 fully saturated rings. The number of methoxy groups -OCH3 is 1. The Morgan fingerprint density at radius 3 is 2.46 bits per heavy atom. The van der Waals surface area contributed by atoms with Gasteiger partial charge in [-0.05, 0) is 42.2 Å². The van der Waals surface area contributed by atoms with E-state index in [1.165, 1.54) is 12.7 Å². The van der Waals surface area contributed by atoms with Crippen molar-refractivity contribution in [2.45, 2.75) is 32.8 Å². The number of carbonyl (C=O) groups excluding carboxylic acids is 1. The molecule has 0 aromatic heterocycles. The molecule has 0 saturated heterocycles. The summed E-state index contributed by atoms with van der Waals surface area (Å²) in [5.74, 6) is 0.644.